The largest absolute Gasteiger partial charge is 0.396 e. The third-order valence-corrected chi connectivity index (χ3v) is 3.97. The zero-order valence-corrected chi connectivity index (χ0v) is 12.2. The Balaban J connectivity index is 1.95. The van der Waals surface area contributed by atoms with E-state index in [0.717, 1.165) is 22.4 Å². The van der Waals surface area contributed by atoms with E-state index in [0.29, 0.717) is 5.69 Å². The first-order chi connectivity index (χ1) is 9.24. The van der Waals surface area contributed by atoms with Gasteiger partial charge in [0.1, 0.15) is 0 Å². The molecule has 1 aliphatic rings. The predicted octanol–water partition coefficient (Wildman–Crippen LogP) is 4.05. The molecule has 3 nitrogen and oxygen atoms in total. The van der Waals surface area contributed by atoms with Gasteiger partial charge in [-0.3, -0.25) is 0 Å². The van der Waals surface area contributed by atoms with Crippen molar-refractivity contribution >= 4 is 33.1 Å². The molecule has 1 aromatic carbocycles. The summed E-state index contributed by atoms with van der Waals surface area (Å²) in [5.41, 5.74) is 10.6. The predicted molar refractivity (Wildman–Crippen MR) is 82.7 cm³/mol. The van der Waals surface area contributed by atoms with Crippen molar-refractivity contribution in [3.63, 3.8) is 0 Å². The van der Waals surface area contributed by atoms with Crippen LogP contribution in [0.2, 0.25) is 0 Å². The summed E-state index contributed by atoms with van der Waals surface area (Å²) >= 11 is 3.37. The highest BCUT2D eigenvalue weighted by molar-refractivity contribution is 9.10. The summed E-state index contributed by atoms with van der Waals surface area (Å²) in [6, 6.07) is 8.29. The summed E-state index contributed by atoms with van der Waals surface area (Å²) in [6.07, 6.45) is 6.61. The molecule has 98 valence electrons. The highest BCUT2D eigenvalue weighted by Crippen LogP contribution is 2.31. The van der Waals surface area contributed by atoms with E-state index >= 15 is 0 Å². The maximum Gasteiger partial charge on any atom is 0.153 e. The molecular formula is C15H16BrN3. The Hall–Kier alpha value is -1.55. The first kappa shape index (κ1) is 12.5. The van der Waals surface area contributed by atoms with Crippen LogP contribution in [0.15, 0.2) is 34.9 Å². The molecule has 3 rings (SSSR count). The summed E-state index contributed by atoms with van der Waals surface area (Å²) in [7, 11) is 0. The summed E-state index contributed by atoms with van der Waals surface area (Å²) in [4.78, 5) is 4.34. The molecule has 3 N–H and O–H groups in total. The number of aryl methyl sites for hydroxylation is 1. The standard InChI is InChI=1S/C15H16BrN3/c16-11-8-13(17)15(18-9-11)19-14-7-3-5-10-4-1-2-6-12(10)14/h3,5,7-9H,1-2,4,6,17H2,(H,18,19). The fraction of sp³-hybridized carbons (Fsp3) is 0.267. The number of aromatic nitrogens is 1. The molecule has 0 fully saturated rings. The lowest BCUT2D eigenvalue weighted by Crippen LogP contribution is -2.07. The molecule has 2 aromatic rings. The number of hydrogen-bond acceptors (Lipinski definition) is 3. The van der Waals surface area contributed by atoms with Crippen molar-refractivity contribution in [2.45, 2.75) is 25.7 Å². The van der Waals surface area contributed by atoms with Crippen LogP contribution in [0.25, 0.3) is 0 Å². The van der Waals surface area contributed by atoms with Crippen LogP contribution in [0.1, 0.15) is 24.0 Å². The molecule has 0 unspecified atom stereocenters. The number of benzene rings is 1. The molecule has 0 saturated heterocycles. The SMILES string of the molecule is Nc1cc(Br)cnc1Nc1cccc2c1CCCC2. The zero-order chi connectivity index (χ0) is 13.2. The molecule has 0 aliphatic heterocycles. The monoisotopic (exact) mass is 317 g/mol. The smallest absolute Gasteiger partial charge is 0.153 e. The summed E-state index contributed by atoms with van der Waals surface area (Å²) in [5.74, 6) is 0.724. The van der Waals surface area contributed by atoms with Gasteiger partial charge in [-0.1, -0.05) is 12.1 Å². The van der Waals surface area contributed by atoms with Gasteiger partial charge in [-0.05, 0) is 64.9 Å². The van der Waals surface area contributed by atoms with Crippen molar-refractivity contribution in [1.29, 1.82) is 0 Å². The molecule has 1 aliphatic carbocycles. The van der Waals surface area contributed by atoms with Crippen LogP contribution in [0.3, 0.4) is 0 Å². The van der Waals surface area contributed by atoms with Gasteiger partial charge in [0, 0.05) is 16.4 Å². The van der Waals surface area contributed by atoms with Gasteiger partial charge in [-0.2, -0.15) is 0 Å². The number of nitrogen functional groups attached to an aromatic ring is 1. The summed E-state index contributed by atoms with van der Waals surface area (Å²) < 4.78 is 0.894. The van der Waals surface area contributed by atoms with Crippen molar-refractivity contribution in [2.24, 2.45) is 0 Å². The third-order valence-electron chi connectivity index (χ3n) is 3.53. The Morgan fingerprint density at radius 3 is 2.89 bits per heavy atom. The minimum Gasteiger partial charge on any atom is -0.396 e. The van der Waals surface area contributed by atoms with Crippen LogP contribution in [0.5, 0.6) is 0 Å². The van der Waals surface area contributed by atoms with Crippen LogP contribution >= 0.6 is 15.9 Å². The lowest BCUT2D eigenvalue weighted by Gasteiger charge is -2.20. The molecule has 0 saturated carbocycles. The number of rotatable bonds is 2. The quantitative estimate of drug-likeness (QED) is 0.878. The Bertz CT molecular complexity index is 610. The van der Waals surface area contributed by atoms with Crippen molar-refractivity contribution in [3.05, 3.63) is 46.1 Å². The Labute approximate surface area is 121 Å². The molecule has 0 amide bonds. The third kappa shape index (κ3) is 2.59. The van der Waals surface area contributed by atoms with Gasteiger partial charge in [0.05, 0.1) is 5.69 Å². The number of nitrogens with two attached hydrogens (primary N) is 1. The molecule has 0 atom stereocenters. The molecule has 0 spiro atoms. The minimum absolute atomic E-state index is 0.655. The maximum atomic E-state index is 5.99. The Morgan fingerprint density at radius 1 is 1.21 bits per heavy atom. The maximum absolute atomic E-state index is 5.99. The van der Waals surface area contributed by atoms with Gasteiger partial charge in [-0.15, -0.1) is 0 Å². The van der Waals surface area contributed by atoms with Gasteiger partial charge in [-0.25, -0.2) is 4.98 Å². The van der Waals surface area contributed by atoms with Crippen molar-refractivity contribution in [2.75, 3.05) is 11.1 Å². The van der Waals surface area contributed by atoms with E-state index in [2.05, 4.69) is 44.4 Å². The zero-order valence-electron chi connectivity index (χ0n) is 10.6. The Morgan fingerprint density at radius 2 is 2.05 bits per heavy atom. The van der Waals surface area contributed by atoms with Crippen molar-refractivity contribution < 1.29 is 0 Å². The van der Waals surface area contributed by atoms with Crippen molar-refractivity contribution in [1.82, 2.24) is 4.98 Å². The van der Waals surface area contributed by atoms with Crippen LogP contribution in [0, 0.1) is 0 Å². The van der Waals surface area contributed by atoms with E-state index < -0.39 is 0 Å². The topological polar surface area (TPSA) is 50.9 Å². The number of nitrogens with zero attached hydrogens (tertiary/aromatic N) is 1. The molecular weight excluding hydrogens is 302 g/mol. The van der Waals surface area contributed by atoms with Gasteiger partial charge >= 0.3 is 0 Å². The number of nitrogens with one attached hydrogen (secondary N) is 1. The normalized spacial score (nSPS) is 13.9. The molecule has 0 radical (unpaired) electrons. The van der Waals surface area contributed by atoms with Crippen molar-refractivity contribution in [3.8, 4) is 0 Å². The second-order valence-corrected chi connectivity index (χ2v) is 5.78. The second-order valence-electron chi connectivity index (χ2n) is 4.87. The van der Waals surface area contributed by atoms with E-state index in [1.165, 1.54) is 30.4 Å². The van der Waals surface area contributed by atoms with Crippen LogP contribution < -0.4 is 11.1 Å². The Kier molecular flexibility index (Phi) is 3.42. The molecule has 1 heterocycles. The summed E-state index contributed by atoms with van der Waals surface area (Å²) in [6.45, 7) is 0. The van der Waals surface area contributed by atoms with E-state index in [-0.39, 0.29) is 0 Å². The van der Waals surface area contributed by atoms with E-state index in [4.69, 9.17) is 5.73 Å². The van der Waals surface area contributed by atoms with Gasteiger partial charge in [0.25, 0.3) is 0 Å². The number of halogens is 1. The fourth-order valence-electron chi connectivity index (χ4n) is 2.59. The first-order valence-corrected chi connectivity index (χ1v) is 7.32. The van der Waals surface area contributed by atoms with Gasteiger partial charge < -0.3 is 11.1 Å². The average molecular weight is 318 g/mol. The van der Waals surface area contributed by atoms with E-state index in [1.807, 2.05) is 6.07 Å². The number of pyridine rings is 1. The first-order valence-electron chi connectivity index (χ1n) is 6.53. The molecule has 0 bridgehead atoms. The van der Waals surface area contributed by atoms with Gasteiger partial charge in [0.2, 0.25) is 0 Å². The highest BCUT2D eigenvalue weighted by atomic mass is 79.9. The van der Waals surface area contributed by atoms with Crippen LogP contribution in [-0.2, 0) is 12.8 Å². The minimum atomic E-state index is 0.655. The fourth-order valence-corrected chi connectivity index (χ4v) is 2.93. The highest BCUT2D eigenvalue weighted by Gasteiger charge is 2.13. The molecule has 1 aromatic heterocycles. The van der Waals surface area contributed by atoms with Crippen LogP contribution in [-0.4, -0.2) is 4.98 Å². The van der Waals surface area contributed by atoms with Crippen LogP contribution in [0.4, 0.5) is 17.2 Å². The van der Waals surface area contributed by atoms with E-state index in [1.54, 1.807) is 6.20 Å². The lowest BCUT2D eigenvalue weighted by molar-refractivity contribution is 0.687. The number of anilines is 3. The molecule has 4 heteroatoms. The summed E-state index contributed by atoms with van der Waals surface area (Å²) in [5, 5.41) is 3.37. The number of hydrogen-bond donors (Lipinski definition) is 2. The second kappa shape index (κ2) is 5.21. The lowest BCUT2D eigenvalue weighted by atomic mass is 9.90. The average Bonchev–Trinajstić information content (AvgIpc) is 2.42. The van der Waals surface area contributed by atoms with E-state index in [9.17, 15) is 0 Å². The number of fused-ring (bicyclic) bond motifs is 1. The van der Waals surface area contributed by atoms with Gasteiger partial charge in [0.15, 0.2) is 5.82 Å². The molecule has 19 heavy (non-hydrogen) atoms.